The number of hydrogen-bond donors (Lipinski definition) is 3. The SMILES string of the molecule is CCN1CCc2c(nc(C(=O)Nc3cccc(-c4cccc(NC(=O)c5nc6c(n5C)CCN(C[C@H]5CC[C@H](C(=O)O)CC5)C6)c4Cl)c3Cl)n2C)C1. The van der Waals surface area contributed by atoms with E-state index < -0.39 is 5.97 Å². The van der Waals surface area contributed by atoms with Gasteiger partial charge < -0.3 is 24.9 Å². The van der Waals surface area contributed by atoms with Gasteiger partial charge in [-0.25, -0.2) is 9.97 Å². The zero-order valence-electron chi connectivity index (χ0n) is 29.7. The molecule has 2 aromatic carbocycles. The first-order valence-corrected chi connectivity index (χ1v) is 18.7. The minimum absolute atomic E-state index is 0.222. The number of aliphatic carboxylic acids is 1. The largest absolute Gasteiger partial charge is 0.481 e. The quantitative estimate of drug-likeness (QED) is 0.183. The molecule has 4 aromatic rings. The number of anilines is 2. The third kappa shape index (κ3) is 7.09. The smallest absolute Gasteiger partial charge is 0.306 e. The second kappa shape index (κ2) is 15.0. The number of amides is 2. The van der Waals surface area contributed by atoms with E-state index in [-0.39, 0.29) is 17.7 Å². The van der Waals surface area contributed by atoms with Crippen LogP contribution in [-0.2, 0) is 44.8 Å². The number of rotatable bonds is 9. The summed E-state index contributed by atoms with van der Waals surface area (Å²) in [5, 5.41) is 15.9. The molecule has 274 valence electrons. The third-order valence-corrected chi connectivity index (χ3v) is 11.8. The lowest BCUT2D eigenvalue weighted by Crippen LogP contribution is -2.36. The highest BCUT2D eigenvalue weighted by Crippen LogP contribution is 2.40. The predicted octanol–water partition coefficient (Wildman–Crippen LogP) is 6.26. The van der Waals surface area contributed by atoms with Gasteiger partial charge in [-0.05, 0) is 50.3 Å². The van der Waals surface area contributed by atoms with E-state index in [1.54, 1.807) is 24.3 Å². The van der Waals surface area contributed by atoms with Gasteiger partial charge in [0.15, 0.2) is 11.6 Å². The fourth-order valence-corrected chi connectivity index (χ4v) is 8.53. The van der Waals surface area contributed by atoms with Crippen molar-refractivity contribution in [1.82, 2.24) is 28.9 Å². The minimum atomic E-state index is -0.685. The standard InChI is InChI=1S/C38H44Cl2N8O4/c1-4-47-17-15-30-28(20-47)41-34(45(30)2)36(49)43-26-9-5-7-24(32(26)39)25-8-6-10-27(33(25)40)44-37(50)35-42-29-21-48(18-16-31(29)46(35)3)19-22-11-13-23(14-12-22)38(51)52/h5-10,22-23H,4,11-21H2,1-3H3,(H,43,49)(H,44,50)(H,51,52)/t22-,23-. The Bertz CT molecular complexity index is 2030. The third-order valence-electron chi connectivity index (χ3n) is 11.0. The molecular formula is C38H44Cl2N8O4. The molecule has 0 atom stereocenters. The molecule has 0 bridgehead atoms. The van der Waals surface area contributed by atoms with Crippen LogP contribution in [0.15, 0.2) is 36.4 Å². The van der Waals surface area contributed by atoms with Gasteiger partial charge in [0.2, 0.25) is 0 Å². The Kier molecular flexibility index (Phi) is 10.4. The highest BCUT2D eigenvalue weighted by molar-refractivity contribution is 6.40. The lowest BCUT2D eigenvalue weighted by atomic mass is 9.81. The van der Waals surface area contributed by atoms with E-state index in [9.17, 15) is 19.5 Å². The van der Waals surface area contributed by atoms with Crippen LogP contribution in [0.1, 0.15) is 76.6 Å². The van der Waals surface area contributed by atoms with Crippen LogP contribution in [0.3, 0.4) is 0 Å². The van der Waals surface area contributed by atoms with Gasteiger partial charge in [0, 0.05) is 82.2 Å². The number of aromatic nitrogens is 4. The number of fused-ring (bicyclic) bond motifs is 2. The minimum Gasteiger partial charge on any atom is -0.481 e. The maximum Gasteiger partial charge on any atom is 0.306 e. The number of benzene rings is 2. The predicted molar refractivity (Wildman–Crippen MR) is 201 cm³/mol. The molecule has 0 radical (unpaired) electrons. The highest BCUT2D eigenvalue weighted by Gasteiger charge is 2.31. The fourth-order valence-electron chi connectivity index (χ4n) is 7.98. The molecule has 1 aliphatic carbocycles. The lowest BCUT2D eigenvalue weighted by Gasteiger charge is -2.33. The molecule has 2 aromatic heterocycles. The summed E-state index contributed by atoms with van der Waals surface area (Å²) in [5.74, 6) is -0.527. The first-order valence-electron chi connectivity index (χ1n) is 18.0. The summed E-state index contributed by atoms with van der Waals surface area (Å²) in [5.41, 5.74) is 5.95. The Morgan fingerprint density at radius 3 is 1.73 bits per heavy atom. The summed E-state index contributed by atoms with van der Waals surface area (Å²) in [4.78, 5) is 52.6. The number of nitrogens with zero attached hydrogens (tertiary/aromatic N) is 6. The van der Waals surface area contributed by atoms with Crippen molar-refractivity contribution >= 4 is 52.4 Å². The van der Waals surface area contributed by atoms with E-state index in [1.165, 1.54) is 0 Å². The molecule has 0 unspecified atom stereocenters. The summed E-state index contributed by atoms with van der Waals surface area (Å²) < 4.78 is 3.72. The molecule has 52 heavy (non-hydrogen) atoms. The van der Waals surface area contributed by atoms with Gasteiger partial charge in [-0.15, -0.1) is 0 Å². The van der Waals surface area contributed by atoms with Crippen LogP contribution in [0.2, 0.25) is 10.0 Å². The van der Waals surface area contributed by atoms with Crippen molar-refractivity contribution in [3.8, 4) is 11.1 Å². The van der Waals surface area contributed by atoms with Crippen molar-refractivity contribution in [2.45, 2.75) is 58.5 Å². The number of imidazole rings is 2. The zero-order valence-corrected chi connectivity index (χ0v) is 31.2. The Hall–Kier alpha value is -4.23. The molecular weight excluding hydrogens is 703 g/mol. The maximum atomic E-state index is 13.7. The van der Waals surface area contributed by atoms with Gasteiger partial charge in [-0.1, -0.05) is 54.4 Å². The van der Waals surface area contributed by atoms with Crippen molar-refractivity contribution in [1.29, 1.82) is 0 Å². The molecule has 7 rings (SSSR count). The Balaban J connectivity index is 1.04. The number of halogens is 2. The molecule has 1 fully saturated rings. The number of carboxylic acid groups (broad SMARTS) is 1. The van der Waals surface area contributed by atoms with E-state index in [2.05, 4.69) is 32.3 Å². The van der Waals surface area contributed by atoms with Crippen LogP contribution < -0.4 is 10.6 Å². The summed E-state index contributed by atoms with van der Waals surface area (Å²) in [6, 6.07) is 10.7. The van der Waals surface area contributed by atoms with E-state index in [1.807, 2.05) is 35.4 Å². The molecule has 2 amide bonds. The molecule has 3 aliphatic rings. The monoisotopic (exact) mass is 746 g/mol. The van der Waals surface area contributed by atoms with Crippen molar-refractivity contribution in [3.63, 3.8) is 0 Å². The number of carbonyl (C=O) groups is 3. The first kappa shape index (κ1) is 36.1. The Morgan fingerprint density at radius 1 is 0.769 bits per heavy atom. The van der Waals surface area contributed by atoms with Crippen molar-refractivity contribution in [2.75, 3.05) is 36.8 Å². The molecule has 14 heteroatoms. The average molecular weight is 748 g/mol. The molecule has 1 saturated carbocycles. The summed E-state index contributed by atoms with van der Waals surface area (Å²) in [7, 11) is 3.73. The first-order chi connectivity index (χ1) is 25.0. The summed E-state index contributed by atoms with van der Waals surface area (Å²) >= 11 is 13.9. The fraction of sp³-hybridized carbons (Fsp3) is 0.447. The lowest BCUT2D eigenvalue weighted by molar-refractivity contribution is -0.143. The van der Waals surface area contributed by atoms with Crippen molar-refractivity contribution in [2.24, 2.45) is 25.9 Å². The van der Waals surface area contributed by atoms with E-state index >= 15 is 0 Å². The molecule has 2 aliphatic heterocycles. The van der Waals surface area contributed by atoms with Crippen LogP contribution in [-0.4, -0.2) is 78.0 Å². The molecule has 3 N–H and O–H groups in total. The molecule has 0 spiro atoms. The number of carboxylic acids is 1. The van der Waals surface area contributed by atoms with Gasteiger partial charge >= 0.3 is 5.97 Å². The van der Waals surface area contributed by atoms with Crippen LogP contribution in [0.25, 0.3) is 11.1 Å². The van der Waals surface area contributed by atoms with Crippen LogP contribution in [0, 0.1) is 11.8 Å². The van der Waals surface area contributed by atoms with Gasteiger partial charge in [-0.2, -0.15) is 0 Å². The van der Waals surface area contributed by atoms with E-state index in [4.69, 9.17) is 28.2 Å². The van der Waals surface area contributed by atoms with Crippen molar-refractivity contribution < 1.29 is 19.5 Å². The summed E-state index contributed by atoms with van der Waals surface area (Å²) in [6.07, 6.45) is 4.92. The van der Waals surface area contributed by atoms with Gasteiger partial charge in [0.25, 0.3) is 11.8 Å². The van der Waals surface area contributed by atoms with Crippen LogP contribution >= 0.6 is 23.2 Å². The highest BCUT2D eigenvalue weighted by atomic mass is 35.5. The van der Waals surface area contributed by atoms with Gasteiger partial charge in [0.1, 0.15) is 0 Å². The Labute approximate surface area is 313 Å². The van der Waals surface area contributed by atoms with E-state index in [0.29, 0.717) is 56.7 Å². The topological polar surface area (TPSA) is 138 Å². The average Bonchev–Trinajstić information content (AvgIpc) is 3.65. The number of carbonyl (C=O) groups excluding carboxylic acids is 2. The second-order valence-corrected chi connectivity index (χ2v) is 14.9. The van der Waals surface area contributed by atoms with Crippen LogP contribution in [0.5, 0.6) is 0 Å². The number of hydrogen-bond acceptors (Lipinski definition) is 7. The number of nitrogens with one attached hydrogen (secondary N) is 2. The Morgan fingerprint density at radius 2 is 1.25 bits per heavy atom. The molecule has 0 saturated heterocycles. The summed E-state index contributed by atoms with van der Waals surface area (Å²) in [6.45, 7) is 7.12. The molecule has 12 nitrogen and oxygen atoms in total. The maximum absolute atomic E-state index is 13.7. The second-order valence-electron chi connectivity index (χ2n) is 14.2. The van der Waals surface area contributed by atoms with Gasteiger partial charge in [-0.3, -0.25) is 24.2 Å². The van der Waals surface area contributed by atoms with E-state index in [0.717, 1.165) is 94.0 Å². The van der Waals surface area contributed by atoms with Gasteiger partial charge in [0.05, 0.1) is 38.7 Å². The normalized spacial score (nSPS) is 19.2. The zero-order chi connectivity index (χ0) is 36.7. The van der Waals surface area contributed by atoms with Crippen LogP contribution in [0.4, 0.5) is 11.4 Å². The molecule has 4 heterocycles. The van der Waals surface area contributed by atoms with Crippen molar-refractivity contribution in [3.05, 3.63) is 80.9 Å². The number of likely N-dealkylation sites (N-methyl/N-ethyl adjacent to an activating group) is 1.